The molecule has 1 aliphatic heterocycles. The quantitative estimate of drug-likeness (QED) is 0.888. The Kier molecular flexibility index (Phi) is 4.09. The van der Waals surface area contributed by atoms with Crippen LogP contribution in [0.5, 0.6) is 0 Å². The largest absolute Gasteiger partial charge is 0.481 e. The highest BCUT2D eigenvalue weighted by Gasteiger charge is 2.26. The summed E-state index contributed by atoms with van der Waals surface area (Å²) in [5.74, 6) is -1.09. The molecule has 1 unspecified atom stereocenters. The summed E-state index contributed by atoms with van der Waals surface area (Å²) < 4.78 is 0. The second kappa shape index (κ2) is 5.59. The minimum atomic E-state index is -0.734. The van der Waals surface area contributed by atoms with Crippen molar-refractivity contribution in [3.05, 3.63) is 29.3 Å². The van der Waals surface area contributed by atoms with Gasteiger partial charge >= 0.3 is 5.97 Å². The van der Waals surface area contributed by atoms with Gasteiger partial charge in [0.15, 0.2) is 0 Å². The van der Waals surface area contributed by atoms with Crippen LogP contribution < -0.4 is 4.90 Å². The van der Waals surface area contributed by atoms with Gasteiger partial charge in [0.2, 0.25) is 0 Å². The highest BCUT2D eigenvalue weighted by molar-refractivity contribution is 6.30. The Labute approximate surface area is 112 Å². The number of benzene rings is 1. The number of rotatable bonds is 2. The molecule has 98 valence electrons. The van der Waals surface area contributed by atoms with Crippen LogP contribution in [0.4, 0.5) is 5.69 Å². The average Bonchev–Trinajstić information content (AvgIpc) is 2.52. The lowest BCUT2D eigenvalue weighted by Crippen LogP contribution is -2.33. The molecule has 1 aromatic carbocycles. The van der Waals surface area contributed by atoms with Crippen LogP contribution in [0.3, 0.4) is 0 Å². The van der Waals surface area contributed by atoms with Crippen LogP contribution >= 0.6 is 11.6 Å². The van der Waals surface area contributed by atoms with Crippen molar-refractivity contribution in [1.82, 2.24) is 4.90 Å². The maximum absolute atomic E-state index is 11.2. The molecule has 0 spiro atoms. The number of carboxylic acids is 1. The molecule has 0 saturated carbocycles. The summed E-state index contributed by atoms with van der Waals surface area (Å²) in [5, 5.41) is 9.91. The lowest BCUT2D eigenvalue weighted by atomic mass is 10.1. The van der Waals surface area contributed by atoms with Gasteiger partial charge < -0.3 is 14.9 Å². The smallest absolute Gasteiger partial charge is 0.309 e. The van der Waals surface area contributed by atoms with Crippen LogP contribution in [0.25, 0.3) is 0 Å². The summed E-state index contributed by atoms with van der Waals surface area (Å²) >= 11 is 5.86. The van der Waals surface area contributed by atoms with Gasteiger partial charge in [0.25, 0.3) is 0 Å². The van der Waals surface area contributed by atoms with E-state index in [-0.39, 0.29) is 5.92 Å². The Bertz CT molecular complexity index is 422. The molecule has 0 bridgehead atoms. The normalized spacial score (nSPS) is 21.7. The molecule has 18 heavy (non-hydrogen) atoms. The van der Waals surface area contributed by atoms with Gasteiger partial charge in [0, 0.05) is 36.9 Å². The number of likely N-dealkylation sites (N-methyl/N-ethyl adjacent to an activating group) is 1. The van der Waals surface area contributed by atoms with Crippen molar-refractivity contribution in [2.75, 3.05) is 38.1 Å². The monoisotopic (exact) mass is 268 g/mol. The van der Waals surface area contributed by atoms with Crippen LogP contribution in [0.15, 0.2) is 24.3 Å². The number of nitrogens with zero attached hydrogens (tertiary/aromatic N) is 2. The molecular weight excluding hydrogens is 252 g/mol. The summed E-state index contributed by atoms with van der Waals surface area (Å²) in [6, 6.07) is 7.54. The third-order valence-electron chi connectivity index (χ3n) is 3.27. The van der Waals surface area contributed by atoms with Crippen LogP contribution in [-0.2, 0) is 4.79 Å². The zero-order valence-electron chi connectivity index (χ0n) is 10.3. The second-order valence-electron chi connectivity index (χ2n) is 4.72. The zero-order valence-corrected chi connectivity index (χ0v) is 11.1. The van der Waals surface area contributed by atoms with Crippen molar-refractivity contribution in [2.45, 2.75) is 0 Å². The average molecular weight is 269 g/mol. The summed E-state index contributed by atoms with van der Waals surface area (Å²) in [7, 11) is 1.96. The molecule has 0 aliphatic carbocycles. The summed E-state index contributed by atoms with van der Waals surface area (Å²) in [5.41, 5.74) is 1.03. The van der Waals surface area contributed by atoms with E-state index in [4.69, 9.17) is 11.6 Å². The van der Waals surface area contributed by atoms with Gasteiger partial charge in [-0.3, -0.25) is 4.79 Å². The molecule has 0 aromatic heterocycles. The van der Waals surface area contributed by atoms with Gasteiger partial charge in [-0.05, 0) is 31.3 Å². The lowest BCUT2D eigenvalue weighted by molar-refractivity contribution is -0.141. The van der Waals surface area contributed by atoms with E-state index in [1.807, 2.05) is 31.3 Å². The Morgan fingerprint density at radius 1 is 1.28 bits per heavy atom. The first-order valence-corrected chi connectivity index (χ1v) is 6.36. The van der Waals surface area contributed by atoms with Crippen molar-refractivity contribution in [1.29, 1.82) is 0 Å². The van der Waals surface area contributed by atoms with E-state index in [1.165, 1.54) is 0 Å². The molecular formula is C13H17ClN2O2. The lowest BCUT2D eigenvalue weighted by Gasteiger charge is -2.24. The first kappa shape index (κ1) is 13.2. The maximum atomic E-state index is 11.2. The van der Waals surface area contributed by atoms with Crippen LogP contribution in [0.2, 0.25) is 5.02 Å². The van der Waals surface area contributed by atoms with E-state index in [1.54, 1.807) is 0 Å². The van der Waals surface area contributed by atoms with Crippen LogP contribution in [0, 0.1) is 5.92 Å². The Morgan fingerprint density at radius 2 is 1.94 bits per heavy atom. The van der Waals surface area contributed by atoms with Gasteiger partial charge in [-0.25, -0.2) is 0 Å². The first-order chi connectivity index (χ1) is 8.56. The molecule has 5 heteroatoms. The van der Waals surface area contributed by atoms with E-state index in [9.17, 15) is 9.90 Å². The second-order valence-corrected chi connectivity index (χ2v) is 5.16. The number of carbonyl (C=O) groups is 1. The Hall–Kier alpha value is -1.26. The standard InChI is InChI=1S/C13H17ClN2O2/c1-15-6-7-16(9-10(8-15)13(17)18)12-4-2-11(14)3-5-12/h2-5,10H,6-9H2,1H3,(H,17,18). The molecule has 1 heterocycles. The molecule has 0 radical (unpaired) electrons. The predicted octanol–water partition coefficient (Wildman–Crippen LogP) is 1.79. The SMILES string of the molecule is CN1CCN(c2ccc(Cl)cc2)CC(C(=O)O)C1. The van der Waals surface area contributed by atoms with E-state index in [2.05, 4.69) is 9.80 Å². The van der Waals surface area contributed by atoms with Crippen molar-refractivity contribution >= 4 is 23.3 Å². The number of hydrogen-bond donors (Lipinski definition) is 1. The number of anilines is 1. The zero-order chi connectivity index (χ0) is 13.1. The first-order valence-electron chi connectivity index (χ1n) is 5.98. The number of carboxylic acid groups (broad SMARTS) is 1. The highest BCUT2D eigenvalue weighted by Crippen LogP contribution is 2.21. The Morgan fingerprint density at radius 3 is 2.56 bits per heavy atom. The summed E-state index contributed by atoms with van der Waals surface area (Å²) in [6.07, 6.45) is 0. The topological polar surface area (TPSA) is 43.8 Å². The molecule has 1 aliphatic rings. The van der Waals surface area contributed by atoms with E-state index in [0.717, 1.165) is 18.8 Å². The number of halogens is 1. The van der Waals surface area contributed by atoms with Gasteiger partial charge in [-0.15, -0.1) is 0 Å². The van der Waals surface area contributed by atoms with Crippen LogP contribution in [0.1, 0.15) is 0 Å². The predicted molar refractivity (Wildman–Crippen MR) is 72.3 cm³/mol. The van der Waals surface area contributed by atoms with Crippen molar-refractivity contribution in [2.24, 2.45) is 5.92 Å². The minimum absolute atomic E-state index is 0.354. The third-order valence-corrected chi connectivity index (χ3v) is 3.52. The van der Waals surface area contributed by atoms with Crippen molar-refractivity contribution < 1.29 is 9.90 Å². The van der Waals surface area contributed by atoms with Crippen molar-refractivity contribution in [3.8, 4) is 0 Å². The number of hydrogen-bond acceptors (Lipinski definition) is 3. The molecule has 1 fully saturated rings. The minimum Gasteiger partial charge on any atom is -0.481 e. The molecule has 1 atom stereocenters. The fourth-order valence-electron chi connectivity index (χ4n) is 2.22. The highest BCUT2D eigenvalue weighted by atomic mass is 35.5. The van der Waals surface area contributed by atoms with Crippen LogP contribution in [-0.4, -0.2) is 49.2 Å². The summed E-state index contributed by atoms with van der Waals surface area (Å²) in [4.78, 5) is 15.4. The fraction of sp³-hybridized carbons (Fsp3) is 0.462. The molecule has 1 N–H and O–H groups in total. The molecule has 1 aromatic rings. The third kappa shape index (κ3) is 3.15. The number of aliphatic carboxylic acids is 1. The molecule has 1 saturated heterocycles. The maximum Gasteiger partial charge on any atom is 0.309 e. The molecule has 4 nitrogen and oxygen atoms in total. The van der Waals surface area contributed by atoms with Gasteiger partial charge in [0.05, 0.1) is 5.92 Å². The summed E-state index contributed by atoms with van der Waals surface area (Å²) in [6.45, 7) is 2.84. The van der Waals surface area contributed by atoms with Crippen molar-refractivity contribution in [3.63, 3.8) is 0 Å². The van der Waals surface area contributed by atoms with E-state index >= 15 is 0 Å². The molecule has 2 rings (SSSR count). The van der Waals surface area contributed by atoms with E-state index in [0.29, 0.717) is 18.1 Å². The Balaban J connectivity index is 2.16. The fourth-order valence-corrected chi connectivity index (χ4v) is 2.34. The van der Waals surface area contributed by atoms with Gasteiger partial charge in [-0.1, -0.05) is 11.6 Å². The van der Waals surface area contributed by atoms with Gasteiger partial charge in [0.1, 0.15) is 0 Å². The molecule has 0 amide bonds. The van der Waals surface area contributed by atoms with Gasteiger partial charge in [-0.2, -0.15) is 0 Å². The van der Waals surface area contributed by atoms with E-state index < -0.39 is 5.97 Å².